The van der Waals surface area contributed by atoms with Crippen molar-refractivity contribution in [3.05, 3.63) is 24.3 Å². The van der Waals surface area contributed by atoms with Crippen LogP contribution in [0.2, 0.25) is 0 Å². The summed E-state index contributed by atoms with van der Waals surface area (Å²) in [4.78, 5) is 35.9. The van der Waals surface area contributed by atoms with Gasteiger partial charge in [-0.15, -0.1) is 0 Å². The SMILES string of the molecule is C[C@H]1[C@@H]2[C@@H](O)C([C@H](C)C(=O)NCCN3CCOCC3)CC[C@@]2(C)CC[C@@H]1NC(=O)c1cncnc1. The molecular weight excluding hydrogens is 446 g/mol. The van der Waals surface area contributed by atoms with Crippen LogP contribution in [0.5, 0.6) is 0 Å². The molecule has 7 atom stereocenters. The highest BCUT2D eigenvalue weighted by molar-refractivity contribution is 5.93. The second-order valence-electron chi connectivity index (χ2n) is 11.0. The second-order valence-corrected chi connectivity index (χ2v) is 11.0. The molecule has 3 N–H and O–H groups in total. The zero-order valence-corrected chi connectivity index (χ0v) is 21.3. The number of ether oxygens (including phenoxy) is 1. The van der Waals surface area contributed by atoms with Crippen LogP contribution >= 0.6 is 0 Å². The van der Waals surface area contributed by atoms with Crippen LogP contribution in [0.4, 0.5) is 0 Å². The Morgan fingerprint density at radius 3 is 2.63 bits per heavy atom. The van der Waals surface area contributed by atoms with Crippen LogP contribution in [0.1, 0.15) is 56.8 Å². The van der Waals surface area contributed by atoms with Crippen LogP contribution in [0, 0.1) is 29.1 Å². The molecule has 1 aliphatic heterocycles. The monoisotopic (exact) mass is 487 g/mol. The van der Waals surface area contributed by atoms with E-state index in [1.807, 2.05) is 6.92 Å². The van der Waals surface area contributed by atoms with Crippen LogP contribution in [-0.4, -0.2) is 83.3 Å². The minimum Gasteiger partial charge on any atom is -0.392 e. The number of hydrogen-bond acceptors (Lipinski definition) is 7. The third kappa shape index (κ3) is 5.84. The van der Waals surface area contributed by atoms with Gasteiger partial charge in [0, 0.05) is 50.5 Å². The number of carbonyl (C=O) groups is 2. The van der Waals surface area contributed by atoms with Crippen LogP contribution in [0.15, 0.2) is 18.7 Å². The Kier molecular flexibility index (Phi) is 8.39. The molecule has 2 heterocycles. The minimum atomic E-state index is -0.580. The van der Waals surface area contributed by atoms with Gasteiger partial charge in [0.15, 0.2) is 0 Å². The Hall–Kier alpha value is -2.10. The fourth-order valence-electron chi connectivity index (χ4n) is 6.68. The third-order valence-corrected chi connectivity index (χ3v) is 8.91. The van der Waals surface area contributed by atoms with E-state index in [0.717, 1.165) is 58.5 Å². The van der Waals surface area contributed by atoms with E-state index < -0.39 is 6.10 Å². The predicted octanol–water partition coefficient (Wildman–Crippen LogP) is 1.48. The average molecular weight is 488 g/mol. The molecule has 1 aromatic heterocycles. The number of nitrogens with zero attached hydrogens (tertiary/aromatic N) is 3. The first-order valence-corrected chi connectivity index (χ1v) is 13.1. The van der Waals surface area contributed by atoms with Gasteiger partial charge in [-0.25, -0.2) is 9.97 Å². The zero-order chi connectivity index (χ0) is 25.0. The van der Waals surface area contributed by atoms with Gasteiger partial charge < -0.3 is 20.5 Å². The summed E-state index contributed by atoms with van der Waals surface area (Å²) < 4.78 is 5.38. The molecule has 1 saturated heterocycles. The number of aliphatic hydroxyl groups is 1. The molecule has 2 amide bonds. The first kappa shape index (κ1) is 26.0. The summed E-state index contributed by atoms with van der Waals surface area (Å²) in [5.41, 5.74) is 0.455. The maximum absolute atomic E-state index is 13.0. The van der Waals surface area contributed by atoms with Crippen LogP contribution < -0.4 is 10.6 Å². The van der Waals surface area contributed by atoms with Crippen molar-refractivity contribution in [1.82, 2.24) is 25.5 Å². The molecule has 194 valence electrons. The molecule has 3 fully saturated rings. The molecule has 4 rings (SSSR count). The van der Waals surface area contributed by atoms with Crippen LogP contribution in [0.25, 0.3) is 0 Å². The topological polar surface area (TPSA) is 117 Å². The van der Waals surface area contributed by atoms with E-state index in [4.69, 9.17) is 4.74 Å². The van der Waals surface area contributed by atoms with Crippen molar-refractivity contribution in [3.63, 3.8) is 0 Å². The van der Waals surface area contributed by atoms with Crippen LogP contribution in [0.3, 0.4) is 0 Å². The molecule has 9 nitrogen and oxygen atoms in total. The molecule has 0 radical (unpaired) electrons. The van der Waals surface area contributed by atoms with E-state index in [-0.39, 0.29) is 46.9 Å². The van der Waals surface area contributed by atoms with E-state index in [2.05, 4.69) is 39.3 Å². The molecule has 0 bridgehead atoms. The van der Waals surface area contributed by atoms with Crippen molar-refractivity contribution in [3.8, 4) is 0 Å². The number of morpholine rings is 1. The van der Waals surface area contributed by atoms with Gasteiger partial charge in [0.25, 0.3) is 5.91 Å². The predicted molar refractivity (Wildman–Crippen MR) is 131 cm³/mol. The van der Waals surface area contributed by atoms with Gasteiger partial charge in [-0.1, -0.05) is 20.8 Å². The molecule has 2 saturated carbocycles. The lowest BCUT2D eigenvalue weighted by Gasteiger charge is -2.56. The Bertz CT molecular complexity index is 865. The van der Waals surface area contributed by atoms with Crippen molar-refractivity contribution >= 4 is 11.8 Å². The van der Waals surface area contributed by atoms with E-state index in [1.54, 1.807) is 0 Å². The molecule has 3 aliphatic rings. The van der Waals surface area contributed by atoms with Crippen molar-refractivity contribution < 1.29 is 19.4 Å². The van der Waals surface area contributed by atoms with Gasteiger partial charge in [-0.2, -0.15) is 0 Å². The molecule has 35 heavy (non-hydrogen) atoms. The van der Waals surface area contributed by atoms with Gasteiger partial charge in [0.1, 0.15) is 6.33 Å². The minimum absolute atomic E-state index is 0.0128. The van der Waals surface area contributed by atoms with Crippen molar-refractivity contribution in [2.75, 3.05) is 39.4 Å². The summed E-state index contributed by atoms with van der Waals surface area (Å²) in [6.07, 6.45) is 7.52. The highest BCUT2D eigenvalue weighted by atomic mass is 16.5. The van der Waals surface area contributed by atoms with E-state index in [0.29, 0.717) is 12.1 Å². The van der Waals surface area contributed by atoms with E-state index in [1.165, 1.54) is 18.7 Å². The summed E-state index contributed by atoms with van der Waals surface area (Å²) in [6.45, 7) is 11.1. The smallest absolute Gasteiger partial charge is 0.254 e. The normalized spacial score (nSPS) is 34.5. The van der Waals surface area contributed by atoms with Crippen LogP contribution in [-0.2, 0) is 9.53 Å². The maximum Gasteiger partial charge on any atom is 0.254 e. The number of aromatic nitrogens is 2. The highest BCUT2D eigenvalue weighted by Gasteiger charge is 2.53. The summed E-state index contributed by atoms with van der Waals surface area (Å²) in [7, 11) is 0. The van der Waals surface area contributed by atoms with Gasteiger partial charge >= 0.3 is 0 Å². The molecular formula is C26H41N5O4. The third-order valence-electron chi connectivity index (χ3n) is 8.91. The molecule has 9 heteroatoms. The number of nitrogens with one attached hydrogen (secondary N) is 2. The van der Waals surface area contributed by atoms with Gasteiger partial charge in [0.2, 0.25) is 5.91 Å². The highest BCUT2D eigenvalue weighted by Crippen LogP contribution is 2.55. The van der Waals surface area contributed by atoms with Gasteiger partial charge in [-0.3, -0.25) is 14.5 Å². The molecule has 2 aliphatic carbocycles. The Labute approximate surface area is 208 Å². The largest absolute Gasteiger partial charge is 0.392 e. The van der Waals surface area contributed by atoms with E-state index in [9.17, 15) is 14.7 Å². The summed E-state index contributed by atoms with van der Waals surface area (Å²) in [6, 6.07) is -0.0353. The second kappa shape index (κ2) is 11.3. The number of aliphatic hydroxyl groups excluding tert-OH is 1. The number of fused-ring (bicyclic) bond motifs is 1. The zero-order valence-electron chi connectivity index (χ0n) is 21.3. The molecule has 0 spiro atoms. The lowest BCUT2D eigenvalue weighted by atomic mass is 9.51. The number of rotatable bonds is 7. The lowest BCUT2D eigenvalue weighted by molar-refractivity contribution is -0.142. The van der Waals surface area contributed by atoms with Crippen molar-refractivity contribution in [2.45, 2.75) is 58.6 Å². The first-order valence-electron chi connectivity index (χ1n) is 13.1. The molecule has 1 unspecified atom stereocenters. The fourth-order valence-corrected chi connectivity index (χ4v) is 6.68. The number of carbonyl (C=O) groups excluding carboxylic acids is 2. The Morgan fingerprint density at radius 2 is 1.91 bits per heavy atom. The lowest BCUT2D eigenvalue weighted by Crippen LogP contribution is -2.58. The van der Waals surface area contributed by atoms with Gasteiger partial charge in [-0.05, 0) is 48.9 Å². The number of amides is 2. The van der Waals surface area contributed by atoms with Crippen molar-refractivity contribution in [1.29, 1.82) is 0 Å². The maximum atomic E-state index is 13.0. The van der Waals surface area contributed by atoms with E-state index >= 15 is 0 Å². The summed E-state index contributed by atoms with van der Waals surface area (Å²) in [5, 5.41) is 17.8. The standard InChI is InChI=1S/C26H41N5O4/c1-17(24(33)29-8-9-31-10-12-35-13-11-31)20-4-6-26(3)7-5-21(18(2)22(26)23(20)32)30-25(34)19-14-27-16-28-15-19/h14-18,20-23,32H,4-13H2,1-3H3,(H,29,33)(H,30,34)/t17-,18+,20?,21-,22+,23-,26-/m0/s1. The fraction of sp³-hybridized carbons (Fsp3) is 0.769. The summed E-state index contributed by atoms with van der Waals surface area (Å²) >= 11 is 0. The molecule has 0 aromatic carbocycles. The average Bonchev–Trinajstić information content (AvgIpc) is 2.86. The Morgan fingerprint density at radius 1 is 1.23 bits per heavy atom. The number of hydrogen-bond donors (Lipinski definition) is 3. The molecule has 1 aromatic rings. The van der Waals surface area contributed by atoms with Crippen molar-refractivity contribution in [2.24, 2.45) is 29.1 Å². The summed E-state index contributed by atoms with van der Waals surface area (Å²) in [5.74, 6) is -0.393. The quantitative estimate of drug-likeness (QED) is 0.533. The first-order chi connectivity index (χ1) is 16.8. The van der Waals surface area contributed by atoms with Gasteiger partial charge in [0.05, 0.1) is 24.9 Å². The Balaban J connectivity index is 1.36.